The molecular weight excluding hydrogens is 218 g/mol. The number of rotatable bonds is 2. The molecule has 0 bridgehead atoms. The van der Waals surface area contributed by atoms with Gasteiger partial charge in [-0.15, -0.1) is 0 Å². The molecule has 0 radical (unpaired) electrons. The molecule has 0 aliphatic carbocycles. The highest BCUT2D eigenvalue weighted by molar-refractivity contribution is 8.15. The van der Waals surface area contributed by atoms with Crippen LogP contribution in [0.15, 0.2) is 4.99 Å². The van der Waals surface area contributed by atoms with Crippen LogP contribution in [0.2, 0.25) is 0 Å². The third-order valence-corrected chi connectivity index (χ3v) is 2.73. The molecule has 0 aromatic heterocycles. The zero-order valence-electron chi connectivity index (χ0n) is 8.03. The summed E-state index contributed by atoms with van der Waals surface area (Å²) < 4.78 is 0. The Balaban J connectivity index is 2.61. The number of aliphatic imine (C=N–C) groups is 1. The summed E-state index contributed by atoms with van der Waals surface area (Å²) >= 11 is 1.10. The van der Waals surface area contributed by atoms with E-state index in [1.807, 2.05) is 0 Å². The second-order valence-electron chi connectivity index (χ2n) is 2.78. The van der Waals surface area contributed by atoms with Gasteiger partial charge in [0, 0.05) is 13.5 Å². The lowest BCUT2D eigenvalue weighted by Crippen LogP contribution is -2.29. The van der Waals surface area contributed by atoms with Gasteiger partial charge in [0.15, 0.2) is 5.17 Å². The molecule has 1 unspecified atom stereocenters. The lowest BCUT2D eigenvalue weighted by molar-refractivity contribution is -0.124. The number of nitrogens with two attached hydrogens (primary N) is 1. The number of carbonyl (C=O) groups is 2. The van der Waals surface area contributed by atoms with E-state index in [2.05, 4.69) is 15.6 Å². The van der Waals surface area contributed by atoms with E-state index in [-0.39, 0.29) is 29.4 Å². The summed E-state index contributed by atoms with van der Waals surface area (Å²) in [6.45, 7) is 0. The second-order valence-corrected chi connectivity index (χ2v) is 3.97. The molecule has 15 heavy (non-hydrogen) atoms. The molecule has 2 amide bonds. The Bertz CT molecular complexity index is 340. The molecule has 1 saturated heterocycles. The Morgan fingerprint density at radius 3 is 3.00 bits per heavy atom. The van der Waals surface area contributed by atoms with Gasteiger partial charge in [-0.1, -0.05) is 11.8 Å². The minimum atomic E-state index is -0.497. The van der Waals surface area contributed by atoms with E-state index in [0.717, 1.165) is 11.8 Å². The van der Waals surface area contributed by atoms with E-state index >= 15 is 0 Å². The van der Waals surface area contributed by atoms with Gasteiger partial charge in [-0.3, -0.25) is 15.0 Å². The highest BCUT2D eigenvalue weighted by Gasteiger charge is 2.31. The summed E-state index contributed by atoms with van der Waals surface area (Å²) in [5.41, 5.74) is 5.04. The van der Waals surface area contributed by atoms with E-state index in [4.69, 9.17) is 11.1 Å². The molecule has 0 spiro atoms. The Hall–Kier alpha value is -1.57. The maximum Gasteiger partial charge on any atom is 0.240 e. The standard InChI is InChI=1S/C7H11N5O2S/c1-10-4(13)2-3-5(14)11-7(15-3)12-6(8)9/h3H,2H2,1H3,(H,10,13)(H4,8,9,11,12,14). The Labute approximate surface area is 90.4 Å². The number of amidine groups is 1. The van der Waals surface area contributed by atoms with Gasteiger partial charge in [-0.05, 0) is 0 Å². The highest BCUT2D eigenvalue weighted by Crippen LogP contribution is 2.21. The van der Waals surface area contributed by atoms with Crippen molar-refractivity contribution >= 4 is 34.7 Å². The number of hydrogen-bond donors (Lipinski definition) is 4. The summed E-state index contributed by atoms with van der Waals surface area (Å²) in [6.07, 6.45) is 0.0872. The maximum absolute atomic E-state index is 11.3. The quantitative estimate of drug-likeness (QED) is 0.344. The smallest absolute Gasteiger partial charge is 0.240 e. The van der Waals surface area contributed by atoms with Gasteiger partial charge in [0.2, 0.25) is 17.8 Å². The van der Waals surface area contributed by atoms with Crippen LogP contribution >= 0.6 is 11.8 Å². The molecule has 1 heterocycles. The van der Waals surface area contributed by atoms with E-state index < -0.39 is 5.25 Å². The fourth-order valence-electron chi connectivity index (χ4n) is 0.972. The predicted octanol–water partition coefficient (Wildman–Crippen LogP) is -1.40. The zero-order chi connectivity index (χ0) is 11.4. The van der Waals surface area contributed by atoms with Crippen LogP contribution in [0.3, 0.4) is 0 Å². The van der Waals surface area contributed by atoms with Crippen molar-refractivity contribution in [2.24, 2.45) is 10.7 Å². The summed E-state index contributed by atoms with van der Waals surface area (Å²) in [4.78, 5) is 25.9. The third-order valence-electron chi connectivity index (χ3n) is 1.65. The van der Waals surface area contributed by atoms with Crippen molar-refractivity contribution in [1.29, 1.82) is 5.41 Å². The van der Waals surface area contributed by atoms with Gasteiger partial charge >= 0.3 is 0 Å². The van der Waals surface area contributed by atoms with Crippen molar-refractivity contribution in [3.8, 4) is 0 Å². The van der Waals surface area contributed by atoms with Crippen molar-refractivity contribution in [2.75, 3.05) is 7.05 Å². The SMILES string of the molecule is CNC(=O)CC1SC(=NC(=N)N)NC1=O. The highest BCUT2D eigenvalue weighted by atomic mass is 32.2. The van der Waals surface area contributed by atoms with E-state index in [9.17, 15) is 9.59 Å². The molecule has 0 aromatic carbocycles. The summed E-state index contributed by atoms with van der Waals surface area (Å²) in [5, 5.41) is 11.5. The number of thioether (sulfide) groups is 1. The number of nitrogens with zero attached hydrogens (tertiary/aromatic N) is 1. The molecule has 1 aliphatic rings. The van der Waals surface area contributed by atoms with Crippen LogP contribution in [0, 0.1) is 5.41 Å². The molecule has 1 rings (SSSR count). The van der Waals surface area contributed by atoms with E-state index in [1.165, 1.54) is 7.05 Å². The summed E-state index contributed by atoms with van der Waals surface area (Å²) in [7, 11) is 1.50. The van der Waals surface area contributed by atoms with E-state index in [1.54, 1.807) is 0 Å². The van der Waals surface area contributed by atoms with E-state index in [0.29, 0.717) is 0 Å². The molecular formula is C7H11N5O2S. The van der Waals surface area contributed by atoms with Crippen molar-refractivity contribution in [2.45, 2.75) is 11.7 Å². The topological polar surface area (TPSA) is 120 Å². The molecule has 7 nitrogen and oxygen atoms in total. The van der Waals surface area contributed by atoms with Crippen LogP contribution in [0.25, 0.3) is 0 Å². The minimum absolute atomic E-state index is 0.0872. The average molecular weight is 229 g/mol. The first-order valence-electron chi connectivity index (χ1n) is 4.13. The van der Waals surface area contributed by atoms with Crippen molar-refractivity contribution < 1.29 is 9.59 Å². The fourth-order valence-corrected chi connectivity index (χ4v) is 1.95. The molecule has 1 atom stereocenters. The normalized spacial score (nSPS) is 22.6. The van der Waals surface area contributed by atoms with Gasteiger partial charge in [0.05, 0.1) is 0 Å². The predicted molar refractivity (Wildman–Crippen MR) is 57.6 cm³/mol. The number of carbonyl (C=O) groups excluding carboxylic acids is 2. The van der Waals surface area contributed by atoms with Gasteiger partial charge in [-0.25, -0.2) is 0 Å². The van der Waals surface area contributed by atoms with Crippen LogP contribution in [0.5, 0.6) is 0 Å². The lowest BCUT2D eigenvalue weighted by atomic mass is 10.3. The van der Waals surface area contributed by atoms with Crippen LogP contribution < -0.4 is 16.4 Å². The van der Waals surface area contributed by atoms with Crippen LogP contribution in [-0.2, 0) is 9.59 Å². The van der Waals surface area contributed by atoms with Gasteiger partial charge < -0.3 is 16.4 Å². The Morgan fingerprint density at radius 2 is 2.47 bits per heavy atom. The monoisotopic (exact) mass is 229 g/mol. The summed E-state index contributed by atoms with van der Waals surface area (Å²) in [5.74, 6) is -0.881. The largest absolute Gasteiger partial charge is 0.368 e. The van der Waals surface area contributed by atoms with Crippen LogP contribution in [0.4, 0.5) is 0 Å². The molecule has 5 N–H and O–H groups in total. The number of nitrogens with one attached hydrogen (secondary N) is 3. The molecule has 0 saturated carbocycles. The zero-order valence-corrected chi connectivity index (χ0v) is 8.85. The number of hydrogen-bond acceptors (Lipinski definition) is 4. The first-order valence-corrected chi connectivity index (χ1v) is 5.01. The van der Waals surface area contributed by atoms with Crippen LogP contribution in [-0.4, -0.2) is 35.2 Å². The van der Waals surface area contributed by atoms with Crippen LogP contribution in [0.1, 0.15) is 6.42 Å². The number of amides is 2. The first kappa shape index (κ1) is 11.5. The molecule has 82 valence electrons. The summed E-state index contributed by atoms with van der Waals surface area (Å²) in [6, 6.07) is 0. The van der Waals surface area contributed by atoms with Gasteiger partial charge in [0.1, 0.15) is 5.25 Å². The minimum Gasteiger partial charge on any atom is -0.368 e. The van der Waals surface area contributed by atoms with Crippen molar-refractivity contribution in [1.82, 2.24) is 10.6 Å². The maximum atomic E-state index is 11.3. The number of guanidine groups is 1. The molecule has 8 heteroatoms. The third kappa shape index (κ3) is 3.24. The molecule has 1 aliphatic heterocycles. The Morgan fingerprint density at radius 1 is 1.80 bits per heavy atom. The first-order chi connectivity index (χ1) is 7.02. The average Bonchev–Trinajstić information content (AvgIpc) is 2.45. The molecule has 1 fully saturated rings. The van der Waals surface area contributed by atoms with Crippen molar-refractivity contribution in [3.05, 3.63) is 0 Å². The second kappa shape index (κ2) is 4.78. The lowest BCUT2D eigenvalue weighted by Gasteiger charge is -2.02. The van der Waals surface area contributed by atoms with Gasteiger partial charge in [-0.2, -0.15) is 4.99 Å². The Kier molecular flexibility index (Phi) is 3.67. The van der Waals surface area contributed by atoms with Gasteiger partial charge in [0.25, 0.3) is 0 Å². The van der Waals surface area contributed by atoms with Crippen molar-refractivity contribution in [3.63, 3.8) is 0 Å². The molecule has 0 aromatic rings. The fraction of sp³-hybridized carbons (Fsp3) is 0.429.